The van der Waals surface area contributed by atoms with E-state index in [4.69, 9.17) is 15.2 Å². The molecule has 0 spiro atoms. The van der Waals surface area contributed by atoms with Crippen molar-refractivity contribution < 1.29 is 14.3 Å². The predicted molar refractivity (Wildman–Crippen MR) is 95.2 cm³/mol. The van der Waals surface area contributed by atoms with Crippen LogP contribution in [0.5, 0.6) is 5.75 Å². The van der Waals surface area contributed by atoms with Crippen molar-refractivity contribution in [3.8, 4) is 5.75 Å². The van der Waals surface area contributed by atoms with E-state index in [1.807, 2.05) is 24.3 Å². The quantitative estimate of drug-likeness (QED) is 0.682. The minimum absolute atomic E-state index is 0. The second-order valence-electron chi connectivity index (χ2n) is 5.75. The molecule has 1 aromatic carbocycles. The normalized spacial score (nSPS) is 11.7. The predicted octanol–water partition coefficient (Wildman–Crippen LogP) is 2.17. The summed E-state index contributed by atoms with van der Waals surface area (Å²) in [5.74, 6) is 1.36. The first-order chi connectivity index (χ1) is 10.5. The molecule has 1 amide bonds. The van der Waals surface area contributed by atoms with E-state index in [2.05, 4.69) is 19.2 Å². The molecule has 0 aliphatic carbocycles. The number of halogens is 1. The lowest BCUT2D eigenvalue weighted by atomic mass is 10.1. The number of amides is 1. The molecule has 0 saturated heterocycles. The summed E-state index contributed by atoms with van der Waals surface area (Å²) < 4.78 is 10.7. The van der Waals surface area contributed by atoms with Crippen LogP contribution >= 0.6 is 12.4 Å². The molecule has 132 valence electrons. The Labute approximate surface area is 145 Å². The van der Waals surface area contributed by atoms with E-state index in [1.54, 1.807) is 7.11 Å². The SMILES string of the molecule is COC(CN)CC(=O)NCCc1ccc(OCC(C)C)cc1.Cl. The lowest BCUT2D eigenvalue weighted by Gasteiger charge is -2.12. The summed E-state index contributed by atoms with van der Waals surface area (Å²) in [5, 5.41) is 2.88. The molecule has 0 bridgehead atoms. The zero-order chi connectivity index (χ0) is 16.4. The van der Waals surface area contributed by atoms with E-state index in [-0.39, 0.29) is 24.4 Å². The number of ether oxygens (including phenoxy) is 2. The van der Waals surface area contributed by atoms with Gasteiger partial charge in [-0.3, -0.25) is 4.79 Å². The van der Waals surface area contributed by atoms with E-state index in [1.165, 1.54) is 5.56 Å². The number of rotatable bonds is 10. The van der Waals surface area contributed by atoms with Crippen LogP contribution in [0, 0.1) is 5.92 Å². The number of carbonyl (C=O) groups excluding carboxylic acids is 1. The van der Waals surface area contributed by atoms with Crippen molar-refractivity contribution in [3.05, 3.63) is 29.8 Å². The van der Waals surface area contributed by atoms with Crippen molar-refractivity contribution >= 4 is 18.3 Å². The molecular weight excluding hydrogens is 316 g/mol. The van der Waals surface area contributed by atoms with Gasteiger partial charge in [0.1, 0.15) is 5.75 Å². The summed E-state index contributed by atoms with van der Waals surface area (Å²) in [4.78, 5) is 11.7. The number of hydrogen-bond donors (Lipinski definition) is 2. The smallest absolute Gasteiger partial charge is 0.222 e. The van der Waals surface area contributed by atoms with Crippen LogP contribution in [0.1, 0.15) is 25.8 Å². The molecule has 0 aromatic heterocycles. The molecule has 3 N–H and O–H groups in total. The van der Waals surface area contributed by atoms with Gasteiger partial charge in [0.25, 0.3) is 0 Å². The Morgan fingerprint density at radius 3 is 2.43 bits per heavy atom. The van der Waals surface area contributed by atoms with Gasteiger partial charge < -0.3 is 20.5 Å². The molecule has 0 aliphatic rings. The highest BCUT2D eigenvalue weighted by atomic mass is 35.5. The Hall–Kier alpha value is -1.30. The maximum absolute atomic E-state index is 11.7. The molecule has 1 atom stereocenters. The molecule has 0 radical (unpaired) electrons. The van der Waals surface area contributed by atoms with Gasteiger partial charge in [-0.05, 0) is 30.0 Å². The number of nitrogens with two attached hydrogens (primary N) is 1. The molecule has 23 heavy (non-hydrogen) atoms. The molecule has 0 saturated carbocycles. The fourth-order valence-corrected chi connectivity index (χ4v) is 1.90. The highest BCUT2D eigenvalue weighted by molar-refractivity contribution is 5.85. The van der Waals surface area contributed by atoms with Gasteiger partial charge in [-0.2, -0.15) is 0 Å². The first-order valence-corrected chi connectivity index (χ1v) is 7.76. The zero-order valence-corrected chi connectivity index (χ0v) is 15.0. The Kier molecular flexibility index (Phi) is 11.5. The molecule has 5 nitrogen and oxygen atoms in total. The lowest BCUT2D eigenvalue weighted by Crippen LogP contribution is -2.33. The van der Waals surface area contributed by atoms with Gasteiger partial charge in [-0.25, -0.2) is 0 Å². The van der Waals surface area contributed by atoms with E-state index >= 15 is 0 Å². The molecule has 6 heteroatoms. The lowest BCUT2D eigenvalue weighted by molar-refractivity contribution is -0.123. The maximum atomic E-state index is 11.7. The van der Waals surface area contributed by atoms with Gasteiger partial charge in [0, 0.05) is 20.2 Å². The third-order valence-electron chi connectivity index (χ3n) is 3.25. The van der Waals surface area contributed by atoms with Crippen LogP contribution in [0.15, 0.2) is 24.3 Å². The van der Waals surface area contributed by atoms with Gasteiger partial charge in [0.05, 0.1) is 19.1 Å². The standard InChI is InChI=1S/C17H28N2O3.ClH/c1-13(2)12-22-15-6-4-14(5-7-15)8-9-19-17(20)10-16(11-18)21-3;/h4-7,13,16H,8-12,18H2,1-3H3,(H,19,20);1H. The number of benzene rings is 1. The minimum Gasteiger partial charge on any atom is -0.493 e. The number of nitrogens with one attached hydrogen (secondary N) is 1. The summed E-state index contributed by atoms with van der Waals surface area (Å²) >= 11 is 0. The molecule has 1 rings (SSSR count). The van der Waals surface area contributed by atoms with Crippen LogP contribution in [0.2, 0.25) is 0 Å². The first-order valence-electron chi connectivity index (χ1n) is 7.76. The molecular formula is C17H29ClN2O3. The molecule has 0 aliphatic heterocycles. The van der Waals surface area contributed by atoms with Crippen LogP contribution < -0.4 is 15.8 Å². The Balaban J connectivity index is 0.00000484. The average molecular weight is 345 g/mol. The van der Waals surface area contributed by atoms with Gasteiger partial charge >= 0.3 is 0 Å². The van der Waals surface area contributed by atoms with E-state index < -0.39 is 0 Å². The molecule has 1 unspecified atom stereocenters. The first kappa shape index (κ1) is 21.7. The summed E-state index contributed by atoms with van der Waals surface area (Å²) in [6.45, 7) is 5.91. The van der Waals surface area contributed by atoms with Gasteiger partial charge in [-0.15, -0.1) is 12.4 Å². The molecule has 0 fully saturated rings. The monoisotopic (exact) mass is 344 g/mol. The maximum Gasteiger partial charge on any atom is 0.222 e. The summed E-state index contributed by atoms with van der Waals surface area (Å²) in [7, 11) is 1.56. The topological polar surface area (TPSA) is 73.6 Å². The van der Waals surface area contributed by atoms with E-state index in [0.29, 0.717) is 25.4 Å². The zero-order valence-electron chi connectivity index (χ0n) is 14.2. The Bertz CT molecular complexity index is 434. The fourth-order valence-electron chi connectivity index (χ4n) is 1.90. The van der Waals surface area contributed by atoms with Crippen molar-refractivity contribution in [1.82, 2.24) is 5.32 Å². The van der Waals surface area contributed by atoms with E-state index in [9.17, 15) is 4.79 Å². The number of hydrogen-bond acceptors (Lipinski definition) is 4. The van der Waals surface area contributed by atoms with E-state index in [0.717, 1.165) is 18.8 Å². The van der Waals surface area contributed by atoms with Crippen molar-refractivity contribution in [2.75, 3.05) is 26.8 Å². The summed E-state index contributed by atoms with van der Waals surface area (Å²) in [5.41, 5.74) is 6.66. The number of methoxy groups -OCH3 is 1. The van der Waals surface area contributed by atoms with Crippen LogP contribution in [0.3, 0.4) is 0 Å². The third kappa shape index (κ3) is 9.43. The van der Waals surface area contributed by atoms with Crippen molar-refractivity contribution in [3.63, 3.8) is 0 Å². The molecule has 1 aromatic rings. The Morgan fingerprint density at radius 1 is 1.26 bits per heavy atom. The van der Waals surface area contributed by atoms with Crippen LogP contribution in [0.4, 0.5) is 0 Å². The van der Waals surface area contributed by atoms with Crippen LogP contribution in [-0.4, -0.2) is 38.8 Å². The van der Waals surface area contributed by atoms with Crippen molar-refractivity contribution in [1.29, 1.82) is 0 Å². The average Bonchev–Trinajstić information content (AvgIpc) is 2.51. The van der Waals surface area contributed by atoms with Crippen LogP contribution in [0.25, 0.3) is 0 Å². The minimum atomic E-state index is -0.211. The third-order valence-corrected chi connectivity index (χ3v) is 3.25. The summed E-state index contributed by atoms with van der Waals surface area (Å²) in [6, 6.07) is 7.99. The second-order valence-corrected chi connectivity index (χ2v) is 5.75. The van der Waals surface area contributed by atoms with Gasteiger partial charge in [0.2, 0.25) is 5.91 Å². The fraction of sp³-hybridized carbons (Fsp3) is 0.588. The second kappa shape index (κ2) is 12.2. The van der Waals surface area contributed by atoms with Crippen molar-refractivity contribution in [2.45, 2.75) is 32.8 Å². The van der Waals surface area contributed by atoms with Gasteiger partial charge in [0.15, 0.2) is 0 Å². The number of carbonyl (C=O) groups is 1. The molecule has 0 heterocycles. The highest BCUT2D eigenvalue weighted by Gasteiger charge is 2.10. The summed E-state index contributed by atoms with van der Waals surface area (Å²) in [6.07, 6.45) is 0.878. The largest absolute Gasteiger partial charge is 0.493 e. The van der Waals surface area contributed by atoms with Crippen LogP contribution in [-0.2, 0) is 16.0 Å². The van der Waals surface area contributed by atoms with Gasteiger partial charge in [-0.1, -0.05) is 26.0 Å². The Morgan fingerprint density at radius 2 is 1.91 bits per heavy atom. The highest BCUT2D eigenvalue weighted by Crippen LogP contribution is 2.13. The van der Waals surface area contributed by atoms with Crippen molar-refractivity contribution in [2.24, 2.45) is 11.7 Å².